The topological polar surface area (TPSA) is 66.8 Å². The normalized spacial score (nSPS) is 19.4. The van der Waals surface area contributed by atoms with E-state index in [9.17, 15) is 14.0 Å². The highest BCUT2D eigenvalue weighted by atomic mass is 19.1. The van der Waals surface area contributed by atoms with Crippen molar-refractivity contribution in [3.63, 3.8) is 0 Å². The molecule has 126 valence electrons. The smallest absolute Gasteiger partial charge is 0.305 e. The maximum absolute atomic E-state index is 13.2. The Kier molecular flexibility index (Phi) is 6.10. The standard InChI is InChI=1S/C17H22FNO4/c1-12(5-6-13-3-2-4-14(18)9-13)17(22)19-7-8-23-11-15(19)10-16(20)21/h2-4,9,12,15H,5-8,10-11H2,1H3,(H,20,21). The molecular formula is C17H22FNO4. The van der Waals surface area contributed by atoms with Crippen LogP contribution in [0, 0.1) is 11.7 Å². The van der Waals surface area contributed by atoms with Crippen LogP contribution >= 0.6 is 0 Å². The van der Waals surface area contributed by atoms with Gasteiger partial charge in [0.1, 0.15) is 5.82 Å². The number of carboxylic acids is 1. The molecule has 0 saturated carbocycles. The maximum atomic E-state index is 13.2. The molecule has 1 saturated heterocycles. The van der Waals surface area contributed by atoms with Gasteiger partial charge >= 0.3 is 5.97 Å². The molecule has 2 rings (SSSR count). The minimum Gasteiger partial charge on any atom is -0.481 e. The van der Waals surface area contributed by atoms with Crippen molar-refractivity contribution < 1.29 is 23.8 Å². The number of aryl methyl sites for hydroxylation is 1. The largest absolute Gasteiger partial charge is 0.481 e. The van der Waals surface area contributed by atoms with Crippen molar-refractivity contribution in [2.24, 2.45) is 5.92 Å². The number of rotatable bonds is 6. The molecular weight excluding hydrogens is 301 g/mol. The van der Waals surface area contributed by atoms with Gasteiger partial charge in [-0.25, -0.2) is 4.39 Å². The molecule has 1 aliphatic heterocycles. The van der Waals surface area contributed by atoms with Crippen molar-refractivity contribution >= 4 is 11.9 Å². The van der Waals surface area contributed by atoms with Crippen molar-refractivity contribution in [3.8, 4) is 0 Å². The van der Waals surface area contributed by atoms with Crippen LogP contribution in [0.2, 0.25) is 0 Å². The fourth-order valence-electron chi connectivity index (χ4n) is 2.80. The molecule has 0 bridgehead atoms. The molecule has 1 fully saturated rings. The zero-order valence-corrected chi connectivity index (χ0v) is 13.2. The first-order chi connectivity index (χ1) is 11.0. The second-order valence-corrected chi connectivity index (χ2v) is 5.93. The number of benzene rings is 1. The summed E-state index contributed by atoms with van der Waals surface area (Å²) in [4.78, 5) is 25.1. The van der Waals surface area contributed by atoms with Gasteiger partial charge in [0.2, 0.25) is 5.91 Å². The van der Waals surface area contributed by atoms with Crippen molar-refractivity contribution in [2.45, 2.75) is 32.2 Å². The summed E-state index contributed by atoms with van der Waals surface area (Å²) < 4.78 is 18.5. The Bertz CT molecular complexity index is 563. The molecule has 1 amide bonds. The van der Waals surface area contributed by atoms with Crippen LogP contribution in [0.25, 0.3) is 0 Å². The van der Waals surface area contributed by atoms with Gasteiger partial charge in [0, 0.05) is 12.5 Å². The first kappa shape index (κ1) is 17.4. The first-order valence-electron chi connectivity index (χ1n) is 7.82. The molecule has 1 aromatic carbocycles. The van der Waals surface area contributed by atoms with E-state index in [-0.39, 0.29) is 30.7 Å². The Morgan fingerprint density at radius 1 is 1.48 bits per heavy atom. The number of carbonyl (C=O) groups is 2. The van der Waals surface area contributed by atoms with Crippen LogP contribution < -0.4 is 0 Å². The van der Waals surface area contributed by atoms with E-state index in [1.165, 1.54) is 12.1 Å². The third-order valence-corrected chi connectivity index (χ3v) is 4.10. The van der Waals surface area contributed by atoms with Crippen LogP contribution in [0.1, 0.15) is 25.3 Å². The van der Waals surface area contributed by atoms with Crippen molar-refractivity contribution in [3.05, 3.63) is 35.6 Å². The van der Waals surface area contributed by atoms with E-state index >= 15 is 0 Å². The summed E-state index contributed by atoms with van der Waals surface area (Å²) in [5, 5.41) is 8.95. The fraction of sp³-hybridized carbons (Fsp3) is 0.529. The summed E-state index contributed by atoms with van der Waals surface area (Å²) in [5.41, 5.74) is 0.855. The number of carbonyl (C=O) groups excluding carboxylic acids is 1. The lowest BCUT2D eigenvalue weighted by Gasteiger charge is -2.36. The molecule has 1 N–H and O–H groups in total. The van der Waals surface area contributed by atoms with Crippen LogP contribution in [0.4, 0.5) is 4.39 Å². The molecule has 0 spiro atoms. The number of nitrogens with zero attached hydrogens (tertiary/aromatic N) is 1. The molecule has 6 heteroatoms. The number of halogens is 1. The van der Waals surface area contributed by atoms with Crippen molar-refractivity contribution in [1.82, 2.24) is 4.90 Å². The van der Waals surface area contributed by atoms with Crippen LogP contribution in [-0.2, 0) is 20.7 Å². The second-order valence-electron chi connectivity index (χ2n) is 5.93. The molecule has 2 unspecified atom stereocenters. The predicted molar refractivity (Wildman–Crippen MR) is 82.5 cm³/mol. The number of morpholine rings is 1. The summed E-state index contributed by atoms with van der Waals surface area (Å²) in [6, 6.07) is 5.94. The number of amides is 1. The average Bonchev–Trinajstić information content (AvgIpc) is 2.52. The van der Waals surface area contributed by atoms with Gasteiger partial charge in [0.15, 0.2) is 0 Å². The van der Waals surface area contributed by atoms with Gasteiger partial charge in [-0.05, 0) is 30.5 Å². The molecule has 1 aliphatic rings. The fourth-order valence-corrected chi connectivity index (χ4v) is 2.80. The van der Waals surface area contributed by atoms with Gasteiger partial charge in [-0.15, -0.1) is 0 Å². The Morgan fingerprint density at radius 2 is 2.26 bits per heavy atom. The minimum atomic E-state index is -0.939. The Balaban J connectivity index is 1.93. The molecule has 1 heterocycles. The van der Waals surface area contributed by atoms with Crippen molar-refractivity contribution in [2.75, 3.05) is 19.8 Å². The molecule has 0 radical (unpaired) electrons. The van der Waals surface area contributed by atoms with Crippen molar-refractivity contribution in [1.29, 1.82) is 0 Å². The maximum Gasteiger partial charge on any atom is 0.305 e. The highest BCUT2D eigenvalue weighted by molar-refractivity contribution is 5.79. The van der Waals surface area contributed by atoms with E-state index in [0.717, 1.165) is 5.56 Å². The third kappa shape index (κ3) is 5.03. The SMILES string of the molecule is CC(CCc1cccc(F)c1)C(=O)N1CCOCC1CC(=O)O. The number of aliphatic carboxylic acids is 1. The number of hydrogen-bond donors (Lipinski definition) is 1. The van der Waals surface area contributed by atoms with E-state index in [0.29, 0.717) is 26.0 Å². The lowest BCUT2D eigenvalue weighted by atomic mass is 9.98. The Hall–Kier alpha value is -1.95. The lowest BCUT2D eigenvalue weighted by Crippen LogP contribution is -2.51. The number of carboxylic acid groups (broad SMARTS) is 1. The number of ether oxygens (including phenoxy) is 1. The number of hydrogen-bond acceptors (Lipinski definition) is 3. The zero-order valence-electron chi connectivity index (χ0n) is 13.2. The van der Waals surface area contributed by atoms with E-state index < -0.39 is 12.0 Å². The highest BCUT2D eigenvalue weighted by Gasteiger charge is 2.31. The van der Waals surface area contributed by atoms with E-state index in [1.807, 2.05) is 13.0 Å². The molecule has 1 aromatic rings. The average molecular weight is 323 g/mol. The zero-order chi connectivity index (χ0) is 16.8. The molecule has 0 aromatic heterocycles. The van der Waals surface area contributed by atoms with Crippen LogP contribution in [0.3, 0.4) is 0 Å². The van der Waals surface area contributed by atoms with Gasteiger partial charge < -0.3 is 14.7 Å². The van der Waals surface area contributed by atoms with Crippen LogP contribution in [0.5, 0.6) is 0 Å². The van der Waals surface area contributed by atoms with Crippen LogP contribution in [0.15, 0.2) is 24.3 Å². The summed E-state index contributed by atoms with van der Waals surface area (Å²) in [6.07, 6.45) is 1.10. The van der Waals surface area contributed by atoms with E-state index in [1.54, 1.807) is 11.0 Å². The second kappa shape index (κ2) is 8.06. The summed E-state index contributed by atoms with van der Waals surface area (Å²) in [7, 11) is 0. The quantitative estimate of drug-likeness (QED) is 0.870. The van der Waals surface area contributed by atoms with Gasteiger partial charge in [-0.3, -0.25) is 9.59 Å². The third-order valence-electron chi connectivity index (χ3n) is 4.10. The molecule has 0 aliphatic carbocycles. The Morgan fingerprint density at radius 3 is 2.96 bits per heavy atom. The van der Waals surface area contributed by atoms with Gasteiger partial charge in [0.05, 0.1) is 25.7 Å². The monoisotopic (exact) mass is 323 g/mol. The van der Waals surface area contributed by atoms with Gasteiger partial charge in [-0.1, -0.05) is 19.1 Å². The summed E-state index contributed by atoms with van der Waals surface area (Å²) in [6.45, 7) is 2.93. The van der Waals surface area contributed by atoms with Crippen LogP contribution in [-0.4, -0.2) is 47.7 Å². The van der Waals surface area contributed by atoms with Gasteiger partial charge in [0.25, 0.3) is 0 Å². The van der Waals surface area contributed by atoms with E-state index in [2.05, 4.69) is 0 Å². The Labute approximate surface area is 135 Å². The minimum absolute atomic E-state index is 0.0593. The lowest BCUT2D eigenvalue weighted by molar-refractivity contribution is -0.148. The van der Waals surface area contributed by atoms with E-state index in [4.69, 9.17) is 9.84 Å². The molecule has 5 nitrogen and oxygen atoms in total. The molecule has 2 atom stereocenters. The summed E-state index contributed by atoms with van der Waals surface area (Å²) >= 11 is 0. The summed E-state index contributed by atoms with van der Waals surface area (Å²) in [5.74, 6) is -1.52. The molecule has 23 heavy (non-hydrogen) atoms. The predicted octanol–water partition coefficient (Wildman–Crippen LogP) is 2.10. The van der Waals surface area contributed by atoms with Gasteiger partial charge in [-0.2, -0.15) is 0 Å². The highest BCUT2D eigenvalue weighted by Crippen LogP contribution is 2.18. The first-order valence-corrected chi connectivity index (χ1v) is 7.82.